The molecule has 0 aromatic carbocycles. The summed E-state index contributed by atoms with van der Waals surface area (Å²) in [4.78, 5) is 10.6. The fraction of sp³-hybridized carbons (Fsp3) is 0.842. The molecular formula is C19H35N3O10. The van der Waals surface area contributed by atoms with Crippen LogP contribution < -0.4 is 0 Å². The lowest BCUT2D eigenvalue weighted by molar-refractivity contribution is -0.137. The molecule has 0 saturated carbocycles. The van der Waals surface area contributed by atoms with Crippen molar-refractivity contribution in [1.29, 1.82) is 0 Å². The van der Waals surface area contributed by atoms with E-state index in [4.69, 9.17) is 14.2 Å². The number of nitrogens with zero attached hydrogens (tertiary/aromatic N) is 3. The van der Waals surface area contributed by atoms with Gasteiger partial charge in [0, 0.05) is 12.6 Å². The van der Waals surface area contributed by atoms with Crippen LogP contribution in [0, 0.1) is 0 Å². The van der Waals surface area contributed by atoms with E-state index < -0.39 is 63.5 Å². The second-order valence-corrected chi connectivity index (χ2v) is 7.33. The van der Waals surface area contributed by atoms with Gasteiger partial charge in [0.05, 0.1) is 65.2 Å². The molecule has 0 spiro atoms. The summed E-state index contributed by atoms with van der Waals surface area (Å²) in [5.41, 5.74) is -0.678. The van der Waals surface area contributed by atoms with Crippen LogP contribution in [0.1, 0.15) is 18.5 Å². The molecule has 6 N–H and O–H groups in total. The molecule has 0 aliphatic heterocycles. The lowest BCUT2D eigenvalue weighted by Crippen LogP contribution is -2.51. The number of aldehydes is 1. The SMILES string of the molecule is O=CCCCc1cn(C(COC(CO)CO)(COC(CO)CO)COC(CO)CO)nn1. The highest BCUT2D eigenvalue weighted by Gasteiger charge is 2.38. The van der Waals surface area contributed by atoms with Gasteiger partial charge in [-0.1, -0.05) is 5.21 Å². The number of hydrogen-bond donors (Lipinski definition) is 6. The van der Waals surface area contributed by atoms with Crippen LogP contribution in [-0.4, -0.2) is 130 Å². The minimum absolute atomic E-state index is 0.191. The van der Waals surface area contributed by atoms with Gasteiger partial charge in [0.1, 0.15) is 30.1 Å². The van der Waals surface area contributed by atoms with Gasteiger partial charge in [-0.2, -0.15) is 0 Å². The Balaban J connectivity index is 3.22. The molecule has 0 bridgehead atoms. The molecule has 1 aromatic heterocycles. The fourth-order valence-corrected chi connectivity index (χ4v) is 2.64. The zero-order valence-corrected chi connectivity index (χ0v) is 18.0. The molecule has 13 heteroatoms. The van der Waals surface area contributed by atoms with Crippen LogP contribution in [0.5, 0.6) is 0 Å². The maximum absolute atomic E-state index is 10.6. The predicted octanol–water partition coefficient (Wildman–Crippen LogP) is -3.40. The van der Waals surface area contributed by atoms with Crippen molar-refractivity contribution in [3.63, 3.8) is 0 Å². The third-order valence-corrected chi connectivity index (χ3v) is 4.77. The van der Waals surface area contributed by atoms with Gasteiger partial charge in [0.15, 0.2) is 0 Å². The van der Waals surface area contributed by atoms with E-state index in [1.165, 1.54) is 4.68 Å². The quantitative estimate of drug-likeness (QED) is 0.0826. The van der Waals surface area contributed by atoms with Crippen LogP contribution in [0.15, 0.2) is 6.20 Å². The van der Waals surface area contributed by atoms with Gasteiger partial charge in [-0.15, -0.1) is 5.10 Å². The number of rotatable bonds is 20. The Morgan fingerprint density at radius 1 is 0.844 bits per heavy atom. The highest BCUT2D eigenvalue weighted by atomic mass is 16.5. The van der Waals surface area contributed by atoms with Gasteiger partial charge < -0.3 is 49.6 Å². The molecule has 1 heterocycles. The monoisotopic (exact) mass is 465 g/mol. The van der Waals surface area contributed by atoms with Gasteiger partial charge in [0.25, 0.3) is 0 Å². The number of unbranched alkanes of at least 4 members (excludes halogenated alkanes) is 1. The van der Waals surface area contributed by atoms with Crippen molar-refractivity contribution < 1.29 is 49.6 Å². The number of aromatic nitrogens is 3. The number of aryl methyl sites for hydroxylation is 1. The number of ether oxygens (including phenoxy) is 3. The topological polar surface area (TPSA) is 197 Å². The molecule has 13 nitrogen and oxygen atoms in total. The number of aliphatic hydroxyl groups is 6. The number of carbonyl (C=O) groups is 1. The Bertz CT molecular complexity index is 565. The van der Waals surface area contributed by atoms with E-state index in [9.17, 15) is 35.4 Å². The lowest BCUT2D eigenvalue weighted by atomic mass is 10.0. The van der Waals surface area contributed by atoms with Gasteiger partial charge in [-0.25, -0.2) is 4.68 Å². The molecule has 0 saturated heterocycles. The first kappa shape index (κ1) is 28.5. The maximum atomic E-state index is 10.6. The summed E-state index contributed by atoms with van der Waals surface area (Å²) in [6, 6.07) is 0. The summed E-state index contributed by atoms with van der Waals surface area (Å²) in [5.74, 6) is 0. The normalized spacial score (nSPS) is 12.4. The number of aliphatic hydroxyl groups excluding tert-OH is 6. The summed E-state index contributed by atoms with van der Waals surface area (Å²) >= 11 is 0. The lowest BCUT2D eigenvalue weighted by Gasteiger charge is -2.35. The highest BCUT2D eigenvalue weighted by molar-refractivity contribution is 5.49. The Morgan fingerprint density at radius 3 is 1.66 bits per heavy atom. The smallest absolute Gasteiger partial charge is 0.134 e. The fourth-order valence-electron chi connectivity index (χ4n) is 2.64. The minimum atomic E-state index is -1.26. The van der Waals surface area contributed by atoms with Crippen molar-refractivity contribution >= 4 is 6.29 Å². The molecular weight excluding hydrogens is 430 g/mol. The predicted molar refractivity (Wildman–Crippen MR) is 109 cm³/mol. The van der Waals surface area contributed by atoms with Crippen molar-refractivity contribution in [3.8, 4) is 0 Å². The van der Waals surface area contributed by atoms with Crippen molar-refractivity contribution in [3.05, 3.63) is 11.9 Å². The van der Waals surface area contributed by atoms with E-state index in [0.717, 1.165) is 6.29 Å². The summed E-state index contributed by atoms with van der Waals surface area (Å²) in [6.07, 6.45) is 1.14. The van der Waals surface area contributed by atoms with Gasteiger partial charge in [0.2, 0.25) is 0 Å². The van der Waals surface area contributed by atoms with Crippen molar-refractivity contribution in [2.45, 2.75) is 43.1 Å². The van der Waals surface area contributed by atoms with E-state index in [-0.39, 0.29) is 19.8 Å². The van der Waals surface area contributed by atoms with E-state index in [1.54, 1.807) is 6.20 Å². The Morgan fingerprint density at radius 2 is 1.28 bits per heavy atom. The number of carbonyl (C=O) groups excluding carboxylic acids is 1. The Labute approximate surface area is 186 Å². The Hall–Kier alpha value is -1.55. The summed E-state index contributed by atoms with van der Waals surface area (Å²) < 4.78 is 18.3. The van der Waals surface area contributed by atoms with Gasteiger partial charge in [-0.3, -0.25) is 0 Å². The van der Waals surface area contributed by atoms with Gasteiger partial charge in [-0.05, 0) is 12.8 Å². The average Bonchev–Trinajstić information content (AvgIpc) is 3.30. The molecule has 186 valence electrons. The third-order valence-electron chi connectivity index (χ3n) is 4.77. The summed E-state index contributed by atoms with van der Waals surface area (Å²) in [5, 5.41) is 64.4. The highest BCUT2D eigenvalue weighted by Crippen LogP contribution is 2.22. The molecule has 32 heavy (non-hydrogen) atoms. The van der Waals surface area contributed by atoms with E-state index in [1.807, 2.05) is 0 Å². The zero-order chi connectivity index (χ0) is 23.8. The molecule has 1 rings (SSSR count). The second-order valence-electron chi connectivity index (χ2n) is 7.33. The molecule has 0 aliphatic carbocycles. The molecule has 0 atom stereocenters. The van der Waals surface area contributed by atoms with E-state index >= 15 is 0 Å². The largest absolute Gasteiger partial charge is 0.394 e. The standard InChI is InChI=1S/C19H35N3O10/c23-4-2-1-3-15-5-22(21-20-15)19(12-30-16(6-24)7-25,13-31-17(8-26)9-27)14-32-18(10-28)11-29/h4-5,16-18,24-29H,1-3,6-14H2. The van der Waals surface area contributed by atoms with Crippen LogP contribution in [0.3, 0.4) is 0 Å². The molecule has 0 radical (unpaired) electrons. The molecule has 0 fully saturated rings. The van der Waals surface area contributed by atoms with Crippen LogP contribution in [0.25, 0.3) is 0 Å². The van der Waals surface area contributed by atoms with Gasteiger partial charge >= 0.3 is 0 Å². The summed E-state index contributed by atoms with van der Waals surface area (Å²) in [6.45, 7) is -3.27. The second kappa shape index (κ2) is 16.1. The average molecular weight is 466 g/mol. The molecule has 0 amide bonds. The molecule has 0 unspecified atom stereocenters. The summed E-state index contributed by atoms with van der Waals surface area (Å²) in [7, 11) is 0. The molecule has 1 aromatic rings. The first-order chi connectivity index (χ1) is 15.5. The van der Waals surface area contributed by atoms with Crippen LogP contribution >= 0.6 is 0 Å². The third kappa shape index (κ3) is 9.13. The Kier molecular flexibility index (Phi) is 14.4. The maximum Gasteiger partial charge on any atom is 0.134 e. The zero-order valence-electron chi connectivity index (χ0n) is 18.0. The first-order valence-electron chi connectivity index (χ1n) is 10.4. The van der Waals surface area contributed by atoms with E-state index in [0.29, 0.717) is 25.0 Å². The molecule has 0 aliphatic rings. The van der Waals surface area contributed by atoms with Crippen molar-refractivity contribution in [1.82, 2.24) is 15.0 Å². The van der Waals surface area contributed by atoms with Crippen LogP contribution in [-0.2, 0) is 31.0 Å². The van der Waals surface area contributed by atoms with Crippen LogP contribution in [0.4, 0.5) is 0 Å². The van der Waals surface area contributed by atoms with Crippen molar-refractivity contribution in [2.75, 3.05) is 59.5 Å². The first-order valence-corrected chi connectivity index (χ1v) is 10.4. The van der Waals surface area contributed by atoms with Crippen LogP contribution in [0.2, 0.25) is 0 Å². The van der Waals surface area contributed by atoms with E-state index in [2.05, 4.69) is 10.3 Å². The minimum Gasteiger partial charge on any atom is -0.394 e. The van der Waals surface area contributed by atoms with Crippen molar-refractivity contribution in [2.24, 2.45) is 0 Å². The number of hydrogen-bond acceptors (Lipinski definition) is 12.